The van der Waals surface area contributed by atoms with Crippen LogP contribution in [0.2, 0.25) is 0 Å². The molecule has 0 amide bonds. The fourth-order valence-corrected chi connectivity index (χ4v) is 2.71. The van der Waals surface area contributed by atoms with E-state index in [9.17, 15) is 0 Å². The topological polar surface area (TPSA) is 37.7 Å². The molecule has 1 aliphatic carbocycles. The molecule has 0 saturated heterocycles. The summed E-state index contributed by atoms with van der Waals surface area (Å²) in [6.07, 6.45) is 8.24. The molecule has 0 saturated carbocycles. The zero-order chi connectivity index (χ0) is 17.6. The lowest BCUT2D eigenvalue weighted by Gasteiger charge is -2.17. The molecule has 3 rings (SSSR count). The minimum Gasteiger partial charge on any atom is -0.473 e. The molecule has 130 valence electrons. The fraction of sp³-hybridized carbons (Fsp3) is 0.333. The van der Waals surface area contributed by atoms with Gasteiger partial charge in [-0.2, -0.15) is 0 Å². The molecule has 0 spiro atoms. The number of hydrogen-bond donors (Lipinski definition) is 0. The van der Waals surface area contributed by atoms with Crippen LogP contribution in [0.25, 0.3) is 11.1 Å². The van der Waals surface area contributed by atoms with Crippen LogP contribution in [-0.2, 0) is 0 Å². The van der Waals surface area contributed by atoms with E-state index in [1.165, 1.54) is 0 Å². The molecule has 0 radical (unpaired) electrons. The van der Waals surface area contributed by atoms with Gasteiger partial charge >= 0.3 is 0 Å². The Morgan fingerprint density at radius 3 is 2.64 bits per heavy atom. The third-order valence-corrected chi connectivity index (χ3v) is 4.37. The highest BCUT2D eigenvalue weighted by Crippen LogP contribution is 2.35. The zero-order valence-corrected chi connectivity index (χ0v) is 15.1. The van der Waals surface area contributed by atoms with Crippen molar-refractivity contribution in [3.8, 4) is 17.0 Å². The van der Waals surface area contributed by atoms with E-state index in [1.54, 1.807) is 0 Å². The number of pyridine rings is 1. The maximum atomic E-state index is 6.21. The highest BCUT2D eigenvalue weighted by Gasteiger charge is 2.18. The van der Waals surface area contributed by atoms with Crippen LogP contribution in [0.1, 0.15) is 25.5 Å². The summed E-state index contributed by atoms with van der Waals surface area (Å²) in [5, 5.41) is 0. The number of hydrogen-bond acceptors (Lipinski definition) is 3. The Morgan fingerprint density at radius 2 is 1.96 bits per heavy atom. The van der Waals surface area contributed by atoms with Crippen molar-refractivity contribution in [1.82, 2.24) is 9.88 Å². The van der Waals surface area contributed by atoms with Gasteiger partial charge in [-0.25, -0.2) is 9.98 Å². The van der Waals surface area contributed by atoms with Crippen LogP contribution in [-0.4, -0.2) is 35.9 Å². The smallest absolute Gasteiger partial charge is 0.222 e. The van der Waals surface area contributed by atoms with Gasteiger partial charge in [0.15, 0.2) is 0 Å². The van der Waals surface area contributed by atoms with Gasteiger partial charge in [-0.3, -0.25) is 0 Å². The molecule has 0 atom stereocenters. The maximum absolute atomic E-state index is 6.21. The van der Waals surface area contributed by atoms with Gasteiger partial charge in [0, 0.05) is 32.0 Å². The Hall–Kier alpha value is -2.62. The van der Waals surface area contributed by atoms with E-state index in [4.69, 9.17) is 9.72 Å². The largest absolute Gasteiger partial charge is 0.473 e. The van der Waals surface area contributed by atoms with Crippen LogP contribution >= 0.6 is 0 Å². The predicted molar refractivity (Wildman–Crippen MR) is 104 cm³/mol. The molecular weight excluding hydrogens is 310 g/mol. The highest BCUT2D eigenvalue weighted by atomic mass is 16.5. The normalized spacial score (nSPS) is 14.4. The van der Waals surface area contributed by atoms with Crippen molar-refractivity contribution in [2.45, 2.75) is 32.8 Å². The SMILES string of the molecule is CCN(C)/C=N/c1cc(-c2ccccc2)c(OC2CC=CC2)nc1C. The van der Waals surface area contributed by atoms with Crippen molar-refractivity contribution in [3.63, 3.8) is 0 Å². The van der Waals surface area contributed by atoms with Crippen molar-refractivity contribution in [3.05, 3.63) is 54.2 Å². The first-order valence-electron chi connectivity index (χ1n) is 8.80. The lowest BCUT2D eigenvalue weighted by atomic mass is 10.1. The molecule has 25 heavy (non-hydrogen) atoms. The summed E-state index contributed by atoms with van der Waals surface area (Å²) in [5.74, 6) is 0.695. The van der Waals surface area contributed by atoms with Crippen LogP contribution in [0.15, 0.2) is 53.5 Å². The molecule has 1 heterocycles. The van der Waals surface area contributed by atoms with E-state index < -0.39 is 0 Å². The lowest BCUT2D eigenvalue weighted by Crippen LogP contribution is -2.14. The standard InChI is InChI=1S/C21H25N3O/c1-4-24(3)15-22-20-14-19(17-10-6-5-7-11-17)21(23-16(20)2)25-18-12-8-9-13-18/h5-11,14-15,18H,4,12-13H2,1-3H3/b22-15+. The first kappa shape index (κ1) is 17.2. The summed E-state index contributed by atoms with van der Waals surface area (Å²) in [4.78, 5) is 11.4. The molecule has 0 aliphatic heterocycles. The summed E-state index contributed by atoms with van der Waals surface area (Å²) in [5.41, 5.74) is 3.83. The second-order valence-electron chi connectivity index (χ2n) is 6.31. The monoisotopic (exact) mass is 335 g/mol. The second-order valence-corrected chi connectivity index (χ2v) is 6.31. The summed E-state index contributed by atoms with van der Waals surface area (Å²) in [7, 11) is 2.01. The number of nitrogens with zero attached hydrogens (tertiary/aromatic N) is 3. The van der Waals surface area contributed by atoms with Gasteiger partial charge in [-0.05, 0) is 25.5 Å². The molecule has 0 fully saturated rings. The Balaban J connectivity index is 1.99. The van der Waals surface area contributed by atoms with E-state index in [0.29, 0.717) is 5.88 Å². The van der Waals surface area contributed by atoms with Crippen LogP contribution in [0.3, 0.4) is 0 Å². The summed E-state index contributed by atoms with van der Waals surface area (Å²) in [6.45, 7) is 4.99. The van der Waals surface area contributed by atoms with Crippen LogP contribution in [0, 0.1) is 6.92 Å². The molecule has 1 aliphatic rings. The molecule has 0 unspecified atom stereocenters. The fourth-order valence-electron chi connectivity index (χ4n) is 2.71. The number of aryl methyl sites for hydroxylation is 1. The highest BCUT2D eigenvalue weighted by molar-refractivity contribution is 5.74. The number of aromatic nitrogens is 1. The number of benzene rings is 1. The molecule has 0 N–H and O–H groups in total. The number of aliphatic imine (C=N–C) groups is 1. The minimum absolute atomic E-state index is 0.176. The molecule has 1 aromatic heterocycles. The van der Waals surface area contributed by atoms with Gasteiger partial charge in [-0.1, -0.05) is 42.5 Å². The summed E-state index contributed by atoms with van der Waals surface area (Å²) < 4.78 is 6.21. The summed E-state index contributed by atoms with van der Waals surface area (Å²) >= 11 is 0. The maximum Gasteiger partial charge on any atom is 0.222 e. The van der Waals surface area contributed by atoms with Crippen molar-refractivity contribution in [2.75, 3.05) is 13.6 Å². The van der Waals surface area contributed by atoms with Gasteiger partial charge < -0.3 is 9.64 Å². The van der Waals surface area contributed by atoms with E-state index in [1.807, 2.05) is 43.4 Å². The Morgan fingerprint density at radius 1 is 1.24 bits per heavy atom. The van der Waals surface area contributed by atoms with Crippen LogP contribution < -0.4 is 4.74 Å². The third kappa shape index (κ3) is 4.27. The first-order valence-corrected chi connectivity index (χ1v) is 8.80. The molecule has 1 aromatic carbocycles. The number of rotatable bonds is 6. The Bertz CT molecular complexity index is 760. The second kappa shape index (κ2) is 7.97. The quantitative estimate of drug-likeness (QED) is 0.434. The van der Waals surface area contributed by atoms with E-state index in [-0.39, 0.29) is 6.10 Å². The van der Waals surface area contributed by atoms with Crippen molar-refractivity contribution < 1.29 is 4.74 Å². The number of ether oxygens (including phenoxy) is 1. The van der Waals surface area contributed by atoms with Gasteiger partial charge in [0.25, 0.3) is 0 Å². The molecule has 4 nitrogen and oxygen atoms in total. The molecule has 2 aromatic rings. The van der Waals surface area contributed by atoms with Gasteiger partial charge in [0.05, 0.1) is 17.7 Å². The first-order chi connectivity index (χ1) is 12.2. The lowest BCUT2D eigenvalue weighted by molar-refractivity contribution is 0.208. The van der Waals surface area contributed by atoms with Crippen molar-refractivity contribution in [2.24, 2.45) is 4.99 Å². The zero-order valence-electron chi connectivity index (χ0n) is 15.1. The van der Waals surface area contributed by atoms with Crippen LogP contribution in [0.4, 0.5) is 5.69 Å². The molecule has 0 bridgehead atoms. The third-order valence-electron chi connectivity index (χ3n) is 4.37. The Labute approximate surface area is 149 Å². The minimum atomic E-state index is 0.176. The van der Waals surface area contributed by atoms with Crippen molar-refractivity contribution in [1.29, 1.82) is 0 Å². The average Bonchev–Trinajstić information content (AvgIpc) is 3.14. The van der Waals surface area contributed by atoms with E-state index >= 15 is 0 Å². The van der Waals surface area contributed by atoms with Gasteiger partial charge in [0.1, 0.15) is 6.10 Å². The van der Waals surface area contributed by atoms with Gasteiger partial charge in [-0.15, -0.1) is 0 Å². The van der Waals surface area contributed by atoms with E-state index in [2.05, 4.69) is 42.3 Å². The van der Waals surface area contributed by atoms with Crippen molar-refractivity contribution >= 4 is 12.0 Å². The van der Waals surface area contributed by atoms with E-state index in [0.717, 1.165) is 41.9 Å². The molecule has 4 heteroatoms. The summed E-state index contributed by atoms with van der Waals surface area (Å²) in [6, 6.07) is 12.3. The molecular formula is C21H25N3O. The van der Waals surface area contributed by atoms with Crippen LogP contribution in [0.5, 0.6) is 5.88 Å². The van der Waals surface area contributed by atoms with Gasteiger partial charge in [0.2, 0.25) is 5.88 Å². The predicted octanol–water partition coefficient (Wildman–Crippen LogP) is 4.77. The Kier molecular flexibility index (Phi) is 5.49. The average molecular weight is 335 g/mol.